The maximum Gasteiger partial charge on any atom is 0.340 e. The first-order valence-corrected chi connectivity index (χ1v) is 8.81. The number of rotatable bonds is 3. The number of carbonyl (C=O) groups is 1. The van der Waals surface area contributed by atoms with Crippen molar-refractivity contribution >= 4 is 32.9 Å². The fourth-order valence-electron chi connectivity index (χ4n) is 3.13. The second-order valence-corrected chi connectivity index (χ2v) is 6.62. The van der Waals surface area contributed by atoms with Crippen LogP contribution in [-0.4, -0.2) is 24.6 Å². The van der Waals surface area contributed by atoms with Gasteiger partial charge in [0.2, 0.25) is 0 Å². The Morgan fingerprint density at radius 3 is 2.62 bits per heavy atom. The lowest BCUT2D eigenvalue weighted by atomic mass is 10.1. The molecule has 3 heterocycles. The van der Waals surface area contributed by atoms with E-state index in [2.05, 4.69) is 0 Å². The molecule has 6 heteroatoms. The molecule has 0 unspecified atom stereocenters. The van der Waals surface area contributed by atoms with E-state index in [1.54, 1.807) is 19.4 Å². The van der Waals surface area contributed by atoms with E-state index < -0.39 is 5.97 Å². The molecule has 0 fully saturated rings. The normalized spacial score (nSPS) is 11.0. The van der Waals surface area contributed by atoms with Crippen LogP contribution in [0.4, 0.5) is 0 Å². The van der Waals surface area contributed by atoms with Crippen molar-refractivity contribution < 1.29 is 14.3 Å². The number of ether oxygens (including phenoxy) is 2. The number of carbonyl (C=O) groups excluding carboxylic acids is 1. The highest BCUT2D eigenvalue weighted by molar-refractivity contribution is 7.18. The molecule has 0 saturated carbocycles. The van der Waals surface area contributed by atoms with Crippen molar-refractivity contribution in [3.05, 3.63) is 70.0 Å². The number of methoxy groups -OCH3 is 2. The number of fused-ring (bicyclic) bond motifs is 3. The highest BCUT2D eigenvalue weighted by Crippen LogP contribution is 2.31. The fraction of sp³-hybridized carbons (Fsp3) is 0.100. The smallest absolute Gasteiger partial charge is 0.340 e. The highest BCUT2D eigenvalue weighted by Gasteiger charge is 2.17. The molecule has 0 aliphatic heterocycles. The van der Waals surface area contributed by atoms with E-state index in [0.29, 0.717) is 22.4 Å². The Labute approximate surface area is 153 Å². The van der Waals surface area contributed by atoms with Gasteiger partial charge < -0.3 is 9.47 Å². The summed E-state index contributed by atoms with van der Waals surface area (Å²) in [5, 5.41) is 2.68. The van der Waals surface area contributed by atoms with Gasteiger partial charge in [0.25, 0.3) is 5.56 Å². The summed E-state index contributed by atoms with van der Waals surface area (Å²) in [6.45, 7) is 0. The van der Waals surface area contributed by atoms with Crippen LogP contribution in [0, 0.1) is 0 Å². The molecular formula is C20H15NO4S. The quantitative estimate of drug-likeness (QED) is 0.516. The summed E-state index contributed by atoms with van der Waals surface area (Å²) in [5.41, 5.74) is 2.13. The van der Waals surface area contributed by atoms with E-state index >= 15 is 0 Å². The number of aromatic nitrogens is 1. The second kappa shape index (κ2) is 6.31. The van der Waals surface area contributed by atoms with Gasteiger partial charge in [-0.1, -0.05) is 18.2 Å². The molecule has 130 valence electrons. The van der Waals surface area contributed by atoms with Gasteiger partial charge in [-0.2, -0.15) is 0 Å². The molecule has 0 aliphatic carbocycles. The molecule has 0 spiro atoms. The van der Waals surface area contributed by atoms with Crippen LogP contribution >= 0.6 is 11.3 Å². The summed E-state index contributed by atoms with van der Waals surface area (Å²) >= 11 is 1.48. The molecule has 5 nitrogen and oxygen atoms in total. The Morgan fingerprint density at radius 1 is 1.04 bits per heavy atom. The van der Waals surface area contributed by atoms with E-state index in [4.69, 9.17) is 9.47 Å². The Bertz CT molecular complexity index is 1210. The SMILES string of the molecule is COC(=O)c1cn2c(=O)c(-c3ccccc3OC)ccc2c2sccc12. The van der Waals surface area contributed by atoms with Gasteiger partial charge in [-0.05, 0) is 29.6 Å². The van der Waals surface area contributed by atoms with Crippen molar-refractivity contribution in [3.63, 3.8) is 0 Å². The Kier molecular flexibility index (Phi) is 3.97. The zero-order valence-corrected chi connectivity index (χ0v) is 15.0. The van der Waals surface area contributed by atoms with Crippen molar-refractivity contribution in [1.82, 2.24) is 4.40 Å². The molecule has 0 amide bonds. The molecule has 0 N–H and O–H groups in total. The van der Waals surface area contributed by atoms with E-state index in [0.717, 1.165) is 15.6 Å². The van der Waals surface area contributed by atoms with Crippen LogP contribution in [0.1, 0.15) is 10.4 Å². The second-order valence-electron chi connectivity index (χ2n) is 5.71. The first-order valence-electron chi connectivity index (χ1n) is 7.93. The molecule has 0 radical (unpaired) electrons. The predicted octanol–water partition coefficient (Wildman–Crippen LogP) is 3.98. The predicted molar refractivity (Wildman–Crippen MR) is 102 cm³/mol. The monoisotopic (exact) mass is 365 g/mol. The van der Waals surface area contributed by atoms with E-state index in [1.807, 2.05) is 41.8 Å². The molecule has 0 saturated heterocycles. The van der Waals surface area contributed by atoms with Gasteiger partial charge in [0.1, 0.15) is 5.75 Å². The van der Waals surface area contributed by atoms with Gasteiger partial charge in [-0.15, -0.1) is 11.3 Å². The lowest BCUT2D eigenvalue weighted by molar-refractivity contribution is 0.0602. The molecule has 26 heavy (non-hydrogen) atoms. The maximum atomic E-state index is 13.2. The van der Waals surface area contributed by atoms with Crippen molar-refractivity contribution in [1.29, 1.82) is 0 Å². The largest absolute Gasteiger partial charge is 0.496 e. The van der Waals surface area contributed by atoms with Gasteiger partial charge in [0.05, 0.1) is 35.6 Å². The lowest BCUT2D eigenvalue weighted by Gasteiger charge is -2.11. The number of para-hydroxylation sites is 1. The van der Waals surface area contributed by atoms with E-state index in [9.17, 15) is 9.59 Å². The summed E-state index contributed by atoms with van der Waals surface area (Å²) in [5.74, 6) is 0.153. The molecule has 4 rings (SSSR count). The van der Waals surface area contributed by atoms with Gasteiger partial charge in [0.15, 0.2) is 0 Å². The van der Waals surface area contributed by atoms with Gasteiger partial charge in [-0.25, -0.2) is 4.79 Å². The van der Waals surface area contributed by atoms with Gasteiger partial charge in [0, 0.05) is 17.1 Å². The van der Waals surface area contributed by atoms with Crippen LogP contribution in [-0.2, 0) is 4.74 Å². The molecule has 0 bridgehead atoms. The molecule has 0 aliphatic rings. The summed E-state index contributed by atoms with van der Waals surface area (Å²) in [7, 11) is 2.90. The number of nitrogens with zero attached hydrogens (tertiary/aromatic N) is 1. The molecular weight excluding hydrogens is 350 g/mol. The van der Waals surface area contributed by atoms with Gasteiger partial charge >= 0.3 is 5.97 Å². The van der Waals surface area contributed by atoms with Crippen LogP contribution in [0.2, 0.25) is 0 Å². The van der Waals surface area contributed by atoms with Crippen molar-refractivity contribution in [2.24, 2.45) is 0 Å². The Hall–Kier alpha value is -3.12. The van der Waals surface area contributed by atoms with Crippen LogP contribution in [0.15, 0.2) is 58.8 Å². The Balaban J connectivity index is 2.09. The van der Waals surface area contributed by atoms with Crippen LogP contribution < -0.4 is 10.3 Å². The third-order valence-electron chi connectivity index (χ3n) is 4.37. The number of esters is 1. The molecule has 0 atom stereocenters. The molecule has 3 aromatic heterocycles. The first kappa shape index (κ1) is 16.4. The Morgan fingerprint density at radius 2 is 1.85 bits per heavy atom. The number of hydrogen-bond donors (Lipinski definition) is 0. The average Bonchev–Trinajstić information content (AvgIpc) is 3.17. The number of benzene rings is 1. The first-order chi connectivity index (χ1) is 12.7. The maximum absolute atomic E-state index is 13.2. The zero-order valence-electron chi connectivity index (χ0n) is 14.2. The van der Waals surface area contributed by atoms with E-state index in [1.165, 1.54) is 22.8 Å². The third-order valence-corrected chi connectivity index (χ3v) is 5.30. The van der Waals surface area contributed by atoms with Crippen LogP contribution in [0.25, 0.3) is 26.7 Å². The molecule has 4 aromatic rings. The topological polar surface area (TPSA) is 57.0 Å². The average molecular weight is 365 g/mol. The van der Waals surface area contributed by atoms with Crippen molar-refractivity contribution in [2.75, 3.05) is 14.2 Å². The summed E-state index contributed by atoms with van der Waals surface area (Å²) in [4.78, 5) is 25.4. The standard InChI is InChI=1S/C20H15NO4S/c1-24-17-6-4-3-5-12(17)14-7-8-16-18-13(9-10-26-18)15(20(23)25-2)11-21(16)19(14)22/h3-11H,1-2H3. The third kappa shape index (κ3) is 2.38. The van der Waals surface area contributed by atoms with E-state index in [-0.39, 0.29) is 5.56 Å². The minimum absolute atomic E-state index is 0.215. The summed E-state index contributed by atoms with van der Waals surface area (Å²) < 4.78 is 12.6. The van der Waals surface area contributed by atoms with Crippen LogP contribution in [0.5, 0.6) is 5.75 Å². The van der Waals surface area contributed by atoms with Crippen LogP contribution in [0.3, 0.4) is 0 Å². The number of pyridine rings is 2. The highest BCUT2D eigenvalue weighted by atomic mass is 32.1. The lowest BCUT2D eigenvalue weighted by Crippen LogP contribution is -2.17. The van der Waals surface area contributed by atoms with Crippen molar-refractivity contribution in [2.45, 2.75) is 0 Å². The van der Waals surface area contributed by atoms with Gasteiger partial charge in [-0.3, -0.25) is 9.20 Å². The minimum atomic E-state index is -0.468. The van der Waals surface area contributed by atoms with Crippen molar-refractivity contribution in [3.8, 4) is 16.9 Å². The number of thiophene rings is 1. The number of hydrogen-bond acceptors (Lipinski definition) is 5. The molecule has 1 aromatic carbocycles. The minimum Gasteiger partial charge on any atom is -0.496 e. The fourth-order valence-corrected chi connectivity index (χ4v) is 4.06. The zero-order chi connectivity index (χ0) is 18.3. The summed E-state index contributed by atoms with van der Waals surface area (Å²) in [6.07, 6.45) is 1.55. The summed E-state index contributed by atoms with van der Waals surface area (Å²) in [6, 6.07) is 12.9.